The smallest absolute Gasteiger partial charge is 0.304 e. The maximum atomic E-state index is 10.2. The summed E-state index contributed by atoms with van der Waals surface area (Å²) < 4.78 is 0. The zero-order chi connectivity index (χ0) is 8.36. The molecule has 0 aromatic carbocycles. The third-order valence-corrected chi connectivity index (χ3v) is 1.51. The van der Waals surface area contributed by atoms with Crippen molar-refractivity contribution in [3.05, 3.63) is 0 Å². The van der Waals surface area contributed by atoms with E-state index in [9.17, 15) is 4.79 Å². The summed E-state index contributed by atoms with van der Waals surface area (Å²) in [5, 5.41) is 8.25. The average Bonchev–Trinajstić information content (AvgIpc) is 1.60. The zero-order valence-corrected chi connectivity index (χ0v) is 6.72. The third-order valence-electron chi connectivity index (χ3n) is 1.51. The van der Waals surface area contributed by atoms with Crippen LogP contribution in [0.5, 0.6) is 0 Å². The molecule has 0 radical (unpaired) electrons. The second kappa shape index (κ2) is 3.15. The van der Waals surface area contributed by atoms with Gasteiger partial charge < -0.3 is 10.8 Å². The molecule has 0 aliphatic rings. The van der Waals surface area contributed by atoms with E-state index in [4.69, 9.17) is 10.8 Å². The van der Waals surface area contributed by atoms with Crippen molar-refractivity contribution in [1.82, 2.24) is 0 Å². The lowest BCUT2D eigenvalue weighted by Gasteiger charge is -2.25. The van der Waals surface area contributed by atoms with Crippen molar-refractivity contribution in [3.63, 3.8) is 0 Å². The maximum Gasteiger partial charge on any atom is 0.304 e. The van der Waals surface area contributed by atoms with E-state index in [0.717, 1.165) is 0 Å². The molecule has 0 saturated carbocycles. The molecule has 0 amide bonds. The number of hydrogen-bond donors (Lipinski definition) is 2. The third kappa shape index (κ3) is 3.61. The first-order chi connectivity index (χ1) is 4.34. The van der Waals surface area contributed by atoms with Gasteiger partial charge in [-0.25, -0.2) is 0 Å². The first-order valence-corrected chi connectivity index (χ1v) is 3.31. The number of carboxylic acids is 1. The minimum atomic E-state index is -0.831. The lowest BCUT2D eigenvalue weighted by molar-refractivity contribution is -0.137. The van der Waals surface area contributed by atoms with Crippen molar-refractivity contribution < 1.29 is 9.90 Å². The van der Waals surface area contributed by atoms with Crippen LogP contribution in [0.1, 0.15) is 6.42 Å². The van der Waals surface area contributed by atoms with Crippen LogP contribution >= 0.6 is 0 Å². The lowest BCUT2D eigenvalue weighted by Crippen LogP contribution is -2.39. The summed E-state index contributed by atoms with van der Waals surface area (Å²) in [4.78, 5) is 10.2. The molecule has 3 nitrogen and oxygen atoms in total. The van der Waals surface area contributed by atoms with Gasteiger partial charge in [-0.15, -0.1) is 0 Å². The minimum absolute atomic E-state index is 0.0451. The summed E-state index contributed by atoms with van der Waals surface area (Å²) in [7, 11) is 5.79. The number of hydrogen-bond acceptors (Lipinski definition) is 2. The SMILES string of the molecule is BC(B)(B)C(N)CC(=O)O. The number of carboxylic acid groups (broad SMARTS) is 1. The fourth-order valence-electron chi connectivity index (χ4n) is 0.494. The Bertz CT molecular complexity index is 133. The molecule has 0 saturated heterocycles. The average molecular weight is 139 g/mol. The summed E-state index contributed by atoms with van der Waals surface area (Å²) in [6.45, 7) is 0. The largest absolute Gasteiger partial charge is 0.481 e. The standard InChI is InChI=1S/C4H12B3NO2/c5-4(6,7)2(8)1-3(9)10/h2H,1,5-8H2,(H,9,10). The van der Waals surface area contributed by atoms with E-state index in [2.05, 4.69) is 0 Å². The molecule has 10 heavy (non-hydrogen) atoms. The summed E-state index contributed by atoms with van der Waals surface area (Å²) in [5.74, 6) is -0.831. The molecule has 6 heteroatoms. The Hall–Kier alpha value is -0.375. The van der Waals surface area contributed by atoms with E-state index in [-0.39, 0.29) is 17.6 Å². The minimum Gasteiger partial charge on any atom is -0.481 e. The van der Waals surface area contributed by atoms with Gasteiger partial charge in [-0.05, 0) is 6.04 Å². The summed E-state index contributed by atoms with van der Waals surface area (Å²) in [5.41, 5.74) is 5.57. The quantitative estimate of drug-likeness (QED) is 0.403. The Morgan fingerprint density at radius 1 is 1.60 bits per heavy atom. The highest BCUT2D eigenvalue weighted by molar-refractivity contribution is 6.59. The highest BCUT2D eigenvalue weighted by atomic mass is 16.4. The highest BCUT2D eigenvalue weighted by Crippen LogP contribution is 2.15. The molecular formula is C4H12B3NO2. The van der Waals surface area contributed by atoms with Gasteiger partial charge in [0.05, 0.1) is 30.0 Å². The van der Waals surface area contributed by atoms with E-state index < -0.39 is 5.97 Å². The Balaban J connectivity index is 3.85. The van der Waals surface area contributed by atoms with Crippen LogP contribution in [0, 0.1) is 0 Å². The molecule has 0 heterocycles. The van der Waals surface area contributed by atoms with Crippen molar-refractivity contribution in [1.29, 1.82) is 0 Å². The van der Waals surface area contributed by atoms with Gasteiger partial charge >= 0.3 is 5.97 Å². The van der Waals surface area contributed by atoms with Crippen LogP contribution in [-0.4, -0.2) is 40.7 Å². The zero-order valence-electron chi connectivity index (χ0n) is 6.72. The van der Waals surface area contributed by atoms with Gasteiger partial charge in [-0.1, -0.05) is 5.11 Å². The topological polar surface area (TPSA) is 63.3 Å². The van der Waals surface area contributed by atoms with Gasteiger partial charge in [0.2, 0.25) is 0 Å². The first kappa shape index (κ1) is 9.62. The van der Waals surface area contributed by atoms with Crippen molar-refractivity contribution in [3.8, 4) is 0 Å². The molecule has 3 N–H and O–H groups in total. The Labute approximate surface area is 63.6 Å². The normalized spacial score (nSPS) is 14.5. The molecular weight excluding hydrogens is 126 g/mol. The maximum absolute atomic E-state index is 10.2. The number of rotatable bonds is 3. The molecule has 1 unspecified atom stereocenters. The van der Waals surface area contributed by atoms with Gasteiger partial charge in [0.15, 0.2) is 0 Å². The molecule has 0 aliphatic heterocycles. The second-order valence-electron chi connectivity index (χ2n) is 3.57. The molecule has 0 bridgehead atoms. The molecule has 0 rings (SSSR count). The molecule has 0 aromatic heterocycles. The fraction of sp³-hybridized carbons (Fsp3) is 0.750. The van der Waals surface area contributed by atoms with E-state index in [1.165, 1.54) is 0 Å². The lowest BCUT2D eigenvalue weighted by atomic mass is 9.39. The van der Waals surface area contributed by atoms with Crippen LogP contribution < -0.4 is 5.73 Å². The summed E-state index contributed by atoms with van der Waals surface area (Å²) >= 11 is 0. The second-order valence-corrected chi connectivity index (χ2v) is 3.57. The number of carbonyl (C=O) groups is 1. The van der Waals surface area contributed by atoms with Crippen molar-refractivity contribution in [2.24, 2.45) is 5.73 Å². The van der Waals surface area contributed by atoms with Crippen LogP contribution in [-0.2, 0) is 4.79 Å². The Morgan fingerprint density at radius 2 is 2.00 bits per heavy atom. The predicted molar refractivity (Wildman–Crippen MR) is 48.6 cm³/mol. The van der Waals surface area contributed by atoms with Crippen molar-refractivity contribution >= 4 is 29.5 Å². The fourth-order valence-corrected chi connectivity index (χ4v) is 0.494. The highest BCUT2D eigenvalue weighted by Gasteiger charge is 2.22. The van der Waals surface area contributed by atoms with E-state index in [1.807, 2.05) is 23.5 Å². The number of nitrogens with two attached hydrogens (primary N) is 1. The van der Waals surface area contributed by atoms with Crippen LogP contribution in [0.3, 0.4) is 0 Å². The Kier molecular flexibility index (Phi) is 3.03. The molecule has 0 aliphatic carbocycles. The van der Waals surface area contributed by atoms with Gasteiger partial charge in [-0.2, -0.15) is 0 Å². The predicted octanol–water partition coefficient (Wildman–Crippen LogP) is -3.24. The van der Waals surface area contributed by atoms with Gasteiger partial charge in [0.25, 0.3) is 0 Å². The van der Waals surface area contributed by atoms with Crippen LogP contribution in [0.25, 0.3) is 0 Å². The first-order valence-electron chi connectivity index (χ1n) is 3.31. The Morgan fingerprint density at radius 3 is 2.10 bits per heavy atom. The monoisotopic (exact) mass is 139 g/mol. The van der Waals surface area contributed by atoms with Gasteiger partial charge in [-0.3, -0.25) is 4.79 Å². The summed E-state index contributed by atoms with van der Waals surface area (Å²) in [6, 6.07) is -0.259. The van der Waals surface area contributed by atoms with E-state index >= 15 is 0 Å². The molecule has 0 fully saturated rings. The van der Waals surface area contributed by atoms with Crippen LogP contribution in [0.4, 0.5) is 0 Å². The number of aliphatic carboxylic acids is 1. The van der Waals surface area contributed by atoms with E-state index in [1.54, 1.807) is 0 Å². The van der Waals surface area contributed by atoms with Crippen molar-refractivity contribution in [2.75, 3.05) is 0 Å². The molecule has 54 valence electrons. The molecule has 1 atom stereocenters. The van der Waals surface area contributed by atoms with Gasteiger partial charge in [0, 0.05) is 0 Å². The van der Waals surface area contributed by atoms with Crippen molar-refractivity contribution in [2.45, 2.75) is 17.6 Å². The summed E-state index contributed by atoms with van der Waals surface area (Å²) in [6.07, 6.45) is 0.0451. The van der Waals surface area contributed by atoms with Crippen LogP contribution in [0.15, 0.2) is 0 Å². The molecule has 0 aromatic rings. The van der Waals surface area contributed by atoms with Gasteiger partial charge in [0.1, 0.15) is 0 Å². The van der Waals surface area contributed by atoms with Crippen LogP contribution in [0.2, 0.25) is 5.11 Å². The molecule has 0 spiro atoms. The van der Waals surface area contributed by atoms with E-state index in [0.29, 0.717) is 0 Å².